The molecule has 0 saturated heterocycles. The molecule has 2 aromatic heterocycles. The maximum atomic E-state index is 12.0. The summed E-state index contributed by atoms with van der Waals surface area (Å²) in [5.41, 5.74) is 2.90. The molecule has 0 amide bonds. The summed E-state index contributed by atoms with van der Waals surface area (Å²) in [6, 6.07) is 7.50. The van der Waals surface area contributed by atoms with Crippen LogP contribution in [0, 0.1) is 13.8 Å². The van der Waals surface area contributed by atoms with E-state index in [-0.39, 0.29) is 5.56 Å². The van der Waals surface area contributed by atoms with Gasteiger partial charge < -0.3 is 19.8 Å². The molecule has 7 nitrogen and oxygen atoms in total. The van der Waals surface area contributed by atoms with Gasteiger partial charge in [-0.3, -0.25) is 4.79 Å². The number of rotatable bonds is 4. The zero-order chi connectivity index (χ0) is 20.4. The largest absolute Gasteiger partial charge is 0.489 e. The number of aromatic amines is 1. The SMILES string of the molecule is Cc1nc(-c2ccc(NCc3cc(Cl)c4c(c3)OCCCO4)nc2)[nH]c(=O)c1C. The lowest BCUT2D eigenvalue weighted by Gasteiger charge is -2.12. The molecule has 1 aromatic carbocycles. The van der Waals surface area contributed by atoms with Crippen LogP contribution in [0.5, 0.6) is 11.5 Å². The average molecular weight is 413 g/mol. The smallest absolute Gasteiger partial charge is 0.254 e. The first-order chi connectivity index (χ1) is 14.0. The second-order valence-electron chi connectivity index (χ2n) is 6.87. The van der Waals surface area contributed by atoms with E-state index < -0.39 is 0 Å². The molecule has 4 rings (SSSR count). The Morgan fingerprint density at radius 1 is 1.21 bits per heavy atom. The molecule has 0 bridgehead atoms. The first kappa shape index (κ1) is 19.3. The number of nitrogens with zero attached hydrogens (tertiary/aromatic N) is 2. The minimum atomic E-state index is -0.138. The number of aryl methyl sites for hydroxylation is 1. The number of fused-ring (bicyclic) bond motifs is 1. The van der Waals surface area contributed by atoms with Crippen LogP contribution in [-0.2, 0) is 6.54 Å². The third-order valence-electron chi connectivity index (χ3n) is 4.77. The van der Waals surface area contributed by atoms with Gasteiger partial charge in [-0.1, -0.05) is 11.6 Å². The minimum absolute atomic E-state index is 0.138. The molecular weight excluding hydrogens is 392 g/mol. The van der Waals surface area contributed by atoms with E-state index in [4.69, 9.17) is 21.1 Å². The minimum Gasteiger partial charge on any atom is -0.489 e. The summed E-state index contributed by atoms with van der Waals surface area (Å²) in [4.78, 5) is 23.6. The lowest BCUT2D eigenvalue weighted by Crippen LogP contribution is -2.14. The molecule has 0 radical (unpaired) electrons. The Labute approximate surface area is 173 Å². The van der Waals surface area contributed by atoms with Crippen molar-refractivity contribution in [3.05, 3.63) is 62.7 Å². The Morgan fingerprint density at radius 2 is 2.03 bits per heavy atom. The number of benzene rings is 1. The summed E-state index contributed by atoms with van der Waals surface area (Å²) in [7, 11) is 0. The molecule has 0 spiro atoms. The van der Waals surface area contributed by atoms with Gasteiger partial charge in [0.25, 0.3) is 5.56 Å². The van der Waals surface area contributed by atoms with Crippen LogP contribution < -0.4 is 20.3 Å². The predicted octanol–water partition coefficient (Wildman–Crippen LogP) is 3.88. The Morgan fingerprint density at radius 3 is 2.79 bits per heavy atom. The number of nitrogens with one attached hydrogen (secondary N) is 2. The van der Waals surface area contributed by atoms with Gasteiger partial charge in [0, 0.05) is 36.0 Å². The van der Waals surface area contributed by atoms with Gasteiger partial charge in [-0.15, -0.1) is 0 Å². The van der Waals surface area contributed by atoms with Crippen molar-refractivity contribution in [3.63, 3.8) is 0 Å². The van der Waals surface area contributed by atoms with Crippen LogP contribution in [0.1, 0.15) is 23.2 Å². The second kappa shape index (κ2) is 8.13. The molecule has 0 unspecified atom stereocenters. The number of halogens is 1. The summed E-state index contributed by atoms with van der Waals surface area (Å²) in [5, 5.41) is 3.80. The number of ether oxygens (including phenoxy) is 2. The van der Waals surface area contributed by atoms with Gasteiger partial charge in [0.2, 0.25) is 0 Å². The zero-order valence-electron chi connectivity index (χ0n) is 16.2. The second-order valence-corrected chi connectivity index (χ2v) is 7.27. The summed E-state index contributed by atoms with van der Waals surface area (Å²) in [6.07, 6.45) is 2.51. The standard InChI is InChI=1S/C21H21ClN4O3/c1-12-13(2)25-20(26-21(12)27)15-4-5-18(24-11-15)23-10-14-8-16(22)19-17(9-14)28-6-3-7-29-19/h4-5,8-9,11H,3,6-7,10H2,1-2H3,(H,23,24)(H,25,26,27). The number of anilines is 1. The fourth-order valence-electron chi connectivity index (χ4n) is 3.00. The van der Waals surface area contributed by atoms with Gasteiger partial charge in [-0.25, -0.2) is 9.97 Å². The van der Waals surface area contributed by atoms with Crippen molar-refractivity contribution in [2.24, 2.45) is 0 Å². The third kappa shape index (κ3) is 4.19. The number of H-pyrrole nitrogens is 1. The van der Waals surface area contributed by atoms with Crippen LogP contribution >= 0.6 is 11.6 Å². The molecule has 1 aliphatic rings. The molecule has 8 heteroatoms. The first-order valence-electron chi connectivity index (χ1n) is 9.37. The summed E-state index contributed by atoms with van der Waals surface area (Å²) in [6.45, 7) is 5.31. The third-order valence-corrected chi connectivity index (χ3v) is 5.05. The predicted molar refractivity (Wildman–Crippen MR) is 112 cm³/mol. The normalized spacial score (nSPS) is 13.1. The highest BCUT2D eigenvalue weighted by molar-refractivity contribution is 6.32. The molecule has 2 N–H and O–H groups in total. The molecule has 1 aliphatic heterocycles. The van der Waals surface area contributed by atoms with Crippen LogP contribution in [0.3, 0.4) is 0 Å². The molecule has 0 atom stereocenters. The van der Waals surface area contributed by atoms with E-state index in [0.29, 0.717) is 59.2 Å². The fourth-order valence-corrected chi connectivity index (χ4v) is 3.29. The molecule has 29 heavy (non-hydrogen) atoms. The van der Waals surface area contributed by atoms with E-state index >= 15 is 0 Å². The maximum Gasteiger partial charge on any atom is 0.254 e. The van der Waals surface area contributed by atoms with E-state index in [1.807, 2.05) is 31.2 Å². The van der Waals surface area contributed by atoms with Gasteiger partial charge in [0.1, 0.15) is 11.6 Å². The molecule has 3 heterocycles. The molecule has 3 aromatic rings. The summed E-state index contributed by atoms with van der Waals surface area (Å²) < 4.78 is 11.4. The quantitative estimate of drug-likeness (QED) is 0.676. The van der Waals surface area contributed by atoms with Crippen LogP contribution in [0.25, 0.3) is 11.4 Å². The van der Waals surface area contributed by atoms with E-state index in [9.17, 15) is 4.79 Å². The zero-order valence-corrected chi connectivity index (χ0v) is 17.0. The van der Waals surface area contributed by atoms with Crippen molar-refractivity contribution in [1.82, 2.24) is 15.0 Å². The van der Waals surface area contributed by atoms with Crippen LogP contribution in [-0.4, -0.2) is 28.2 Å². The van der Waals surface area contributed by atoms with Crippen molar-refractivity contribution >= 4 is 17.4 Å². The Kier molecular flexibility index (Phi) is 5.40. The lowest BCUT2D eigenvalue weighted by atomic mass is 10.2. The highest BCUT2D eigenvalue weighted by atomic mass is 35.5. The fraction of sp³-hybridized carbons (Fsp3) is 0.286. The van der Waals surface area contributed by atoms with Gasteiger partial charge >= 0.3 is 0 Å². The average Bonchev–Trinajstić information content (AvgIpc) is 2.96. The topological polar surface area (TPSA) is 89.1 Å². The summed E-state index contributed by atoms with van der Waals surface area (Å²) in [5.74, 6) is 2.47. The highest BCUT2D eigenvalue weighted by Crippen LogP contribution is 2.38. The van der Waals surface area contributed by atoms with Gasteiger partial charge in [0.05, 0.1) is 18.2 Å². The van der Waals surface area contributed by atoms with Crippen molar-refractivity contribution in [2.45, 2.75) is 26.8 Å². The maximum absolute atomic E-state index is 12.0. The number of aromatic nitrogens is 3. The van der Waals surface area contributed by atoms with Crippen molar-refractivity contribution < 1.29 is 9.47 Å². The molecular formula is C21H21ClN4O3. The van der Waals surface area contributed by atoms with Gasteiger partial charge in [-0.2, -0.15) is 0 Å². The van der Waals surface area contributed by atoms with Crippen molar-refractivity contribution in [3.8, 4) is 22.9 Å². The Bertz CT molecular complexity index is 1100. The van der Waals surface area contributed by atoms with Crippen LogP contribution in [0.4, 0.5) is 5.82 Å². The van der Waals surface area contributed by atoms with E-state index in [2.05, 4.69) is 20.3 Å². The molecule has 0 saturated carbocycles. The number of hydrogen-bond donors (Lipinski definition) is 2. The molecule has 0 fully saturated rings. The monoisotopic (exact) mass is 412 g/mol. The highest BCUT2D eigenvalue weighted by Gasteiger charge is 2.15. The number of hydrogen-bond acceptors (Lipinski definition) is 6. The van der Waals surface area contributed by atoms with Gasteiger partial charge in [0.15, 0.2) is 11.5 Å². The van der Waals surface area contributed by atoms with E-state index in [1.54, 1.807) is 13.1 Å². The van der Waals surface area contributed by atoms with Crippen molar-refractivity contribution in [2.75, 3.05) is 18.5 Å². The molecule has 0 aliphatic carbocycles. The van der Waals surface area contributed by atoms with E-state index in [1.165, 1.54) is 0 Å². The number of pyridine rings is 1. The van der Waals surface area contributed by atoms with E-state index in [0.717, 1.165) is 17.5 Å². The van der Waals surface area contributed by atoms with Crippen molar-refractivity contribution in [1.29, 1.82) is 0 Å². The first-order valence-corrected chi connectivity index (χ1v) is 9.75. The lowest BCUT2D eigenvalue weighted by molar-refractivity contribution is 0.297. The molecule has 150 valence electrons. The Balaban J connectivity index is 1.48. The summed E-state index contributed by atoms with van der Waals surface area (Å²) >= 11 is 6.34. The van der Waals surface area contributed by atoms with Crippen LogP contribution in [0.2, 0.25) is 5.02 Å². The van der Waals surface area contributed by atoms with Gasteiger partial charge in [-0.05, 0) is 43.7 Å². The Hall–Kier alpha value is -3.06. The van der Waals surface area contributed by atoms with Crippen LogP contribution in [0.15, 0.2) is 35.3 Å².